The maximum Gasteiger partial charge on any atom is 0.341 e. The van der Waals surface area contributed by atoms with Gasteiger partial charge in [-0.25, -0.2) is 4.79 Å². The number of benzene rings is 1. The summed E-state index contributed by atoms with van der Waals surface area (Å²) >= 11 is 3.40. The van der Waals surface area contributed by atoms with Crippen LogP contribution in [0.15, 0.2) is 28.9 Å². The van der Waals surface area contributed by atoms with Gasteiger partial charge in [-0.1, -0.05) is 15.9 Å². The Morgan fingerprint density at radius 1 is 1.57 bits per heavy atom. The van der Waals surface area contributed by atoms with Gasteiger partial charge in [0.2, 0.25) is 0 Å². The van der Waals surface area contributed by atoms with E-state index in [2.05, 4.69) is 21.0 Å². The molecular weight excluding hydrogens is 362 g/mol. The molecule has 7 heteroatoms. The lowest BCUT2D eigenvalue weighted by molar-refractivity contribution is 0.0527. The minimum Gasteiger partial charge on any atom is -0.462 e. The minimum absolute atomic E-state index is 0.0937. The minimum atomic E-state index is -0.394. The molecule has 6 nitrogen and oxygen atoms in total. The van der Waals surface area contributed by atoms with Crippen LogP contribution in [0.2, 0.25) is 0 Å². The van der Waals surface area contributed by atoms with E-state index in [0.29, 0.717) is 36.8 Å². The lowest BCUT2D eigenvalue weighted by Gasteiger charge is -2.16. The van der Waals surface area contributed by atoms with Crippen molar-refractivity contribution in [2.75, 3.05) is 25.6 Å². The van der Waals surface area contributed by atoms with Crippen LogP contribution in [0.1, 0.15) is 29.7 Å². The Morgan fingerprint density at radius 3 is 3.04 bits per heavy atom. The predicted molar refractivity (Wildman–Crippen MR) is 90.2 cm³/mol. The molecule has 1 aliphatic heterocycles. The van der Waals surface area contributed by atoms with E-state index in [4.69, 9.17) is 15.2 Å². The highest BCUT2D eigenvalue weighted by Gasteiger charge is 2.27. The van der Waals surface area contributed by atoms with Gasteiger partial charge >= 0.3 is 5.97 Å². The predicted octanol–water partition coefficient (Wildman–Crippen LogP) is 3.03. The molecule has 0 radical (unpaired) electrons. The van der Waals surface area contributed by atoms with Gasteiger partial charge in [0, 0.05) is 22.3 Å². The zero-order chi connectivity index (χ0) is 16.4. The first kappa shape index (κ1) is 16.0. The van der Waals surface area contributed by atoms with Gasteiger partial charge in [-0.2, -0.15) is 5.10 Å². The molecule has 0 spiro atoms. The van der Waals surface area contributed by atoms with Gasteiger partial charge in [-0.15, -0.1) is 0 Å². The smallest absolute Gasteiger partial charge is 0.341 e. The highest BCUT2D eigenvalue weighted by molar-refractivity contribution is 9.10. The zero-order valence-electron chi connectivity index (χ0n) is 12.8. The summed E-state index contributed by atoms with van der Waals surface area (Å²) < 4.78 is 13.3. The molecule has 2 N–H and O–H groups in total. The number of anilines is 1. The molecule has 1 fully saturated rings. The van der Waals surface area contributed by atoms with Crippen LogP contribution in [0.25, 0.3) is 11.3 Å². The molecule has 0 aliphatic carbocycles. The molecule has 0 unspecified atom stereocenters. The summed E-state index contributed by atoms with van der Waals surface area (Å²) in [5, 5.41) is 4.41. The van der Waals surface area contributed by atoms with Gasteiger partial charge in [0.25, 0.3) is 0 Å². The molecule has 0 bridgehead atoms. The Kier molecular flexibility index (Phi) is 4.68. The maximum atomic E-state index is 12.3. The van der Waals surface area contributed by atoms with Crippen molar-refractivity contribution >= 4 is 27.6 Å². The lowest BCUT2D eigenvalue weighted by Crippen LogP contribution is -2.14. The van der Waals surface area contributed by atoms with Gasteiger partial charge in [0.15, 0.2) is 0 Å². The number of esters is 1. The van der Waals surface area contributed by atoms with Crippen LogP contribution in [0, 0.1) is 0 Å². The molecule has 1 atom stereocenters. The van der Waals surface area contributed by atoms with Gasteiger partial charge in [-0.05, 0) is 31.5 Å². The first-order chi connectivity index (χ1) is 11.1. The number of nitrogens with two attached hydrogens (primary N) is 1. The molecule has 23 heavy (non-hydrogen) atoms. The van der Waals surface area contributed by atoms with Crippen molar-refractivity contribution < 1.29 is 14.3 Å². The van der Waals surface area contributed by atoms with Crippen LogP contribution in [-0.4, -0.2) is 35.6 Å². The fourth-order valence-electron chi connectivity index (χ4n) is 2.73. The van der Waals surface area contributed by atoms with Crippen LogP contribution in [0.5, 0.6) is 0 Å². The molecule has 1 saturated heterocycles. The van der Waals surface area contributed by atoms with Gasteiger partial charge in [0.1, 0.15) is 5.56 Å². The van der Waals surface area contributed by atoms with Crippen molar-refractivity contribution in [1.82, 2.24) is 9.78 Å². The highest BCUT2D eigenvalue weighted by Crippen LogP contribution is 2.34. The van der Waals surface area contributed by atoms with Gasteiger partial charge in [-0.3, -0.25) is 4.68 Å². The lowest BCUT2D eigenvalue weighted by atomic mass is 10.0. The second-order valence-electron chi connectivity index (χ2n) is 5.32. The van der Waals surface area contributed by atoms with Crippen LogP contribution < -0.4 is 5.73 Å². The summed E-state index contributed by atoms with van der Waals surface area (Å²) in [5.74, 6) is -0.394. The van der Waals surface area contributed by atoms with E-state index in [1.165, 1.54) is 0 Å². The summed E-state index contributed by atoms with van der Waals surface area (Å²) in [6.45, 7) is 3.36. The van der Waals surface area contributed by atoms with Crippen LogP contribution >= 0.6 is 15.9 Å². The summed E-state index contributed by atoms with van der Waals surface area (Å²) in [6, 6.07) is 5.68. The molecule has 3 rings (SSSR count). The monoisotopic (exact) mass is 379 g/mol. The summed E-state index contributed by atoms with van der Waals surface area (Å²) in [5.41, 5.74) is 8.62. The average molecular weight is 380 g/mol. The van der Waals surface area contributed by atoms with E-state index < -0.39 is 5.97 Å². The Morgan fingerprint density at radius 2 is 2.39 bits per heavy atom. The SMILES string of the molecule is CCOC(=O)c1cnn([C@H]2CCOC2)c1-c1ccc(Br)cc1N. The Bertz CT molecular complexity index is 723. The molecule has 0 saturated carbocycles. The number of halogens is 1. The molecule has 2 aromatic rings. The third-order valence-electron chi connectivity index (χ3n) is 3.81. The third kappa shape index (κ3) is 3.11. The number of hydrogen-bond donors (Lipinski definition) is 1. The van der Waals surface area contributed by atoms with Crippen LogP contribution in [0.3, 0.4) is 0 Å². The number of carbonyl (C=O) groups is 1. The molecular formula is C16H18BrN3O3. The van der Waals surface area contributed by atoms with E-state index in [9.17, 15) is 4.79 Å². The first-order valence-corrected chi connectivity index (χ1v) is 8.29. The van der Waals surface area contributed by atoms with Crippen molar-refractivity contribution in [3.63, 3.8) is 0 Å². The number of ether oxygens (including phenoxy) is 2. The summed E-state index contributed by atoms with van der Waals surface area (Å²) in [4.78, 5) is 12.3. The Labute approximate surface area is 142 Å². The van der Waals surface area contributed by atoms with Crippen LogP contribution in [-0.2, 0) is 9.47 Å². The second-order valence-corrected chi connectivity index (χ2v) is 6.24. The summed E-state index contributed by atoms with van der Waals surface area (Å²) in [6.07, 6.45) is 2.40. The third-order valence-corrected chi connectivity index (χ3v) is 4.30. The van der Waals surface area contributed by atoms with E-state index in [1.807, 2.05) is 22.9 Å². The molecule has 1 aromatic heterocycles. The van der Waals surface area contributed by atoms with Gasteiger partial charge in [0.05, 0.1) is 31.1 Å². The topological polar surface area (TPSA) is 79.4 Å². The Balaban J connectivity index is 2.13. The quantitative estimate of drug-likeness (QED) is 0.652. The van der Waals surface area contributed by atoms with E-state index >= 15 is 0 Å². The van der Waals surface area contributed by atoms with Gasteiger partial charge < -0.3 is 15.2 Å². The number of carbonyl (C=O) groups excluding carboxylic acids is 1. The average Bonchev–Trinajstić information content (AvgIpc) is 3.16. The zero-order valence-corrected chi connectivity index (χ0v) is 14.4. The maximum absolute atomic E-state index is 12.3. The normalized spacial score (nSPS) is 17.4. The Hall–Kier alpha value is -1.86. The van der Waals surface area contributed by atoms with Crippen molar-refractivity contribution in [1.29, 1.82) is 0 Å². The molecule has 1 aliphatic rings. The first-order valence-electron chi connectivity index (χ1n) is 7.49. The fraction of sp³-hybridized carbons (Fsp3) is 0.375. The van der Waals surface area contributed by atoms with Crippen molar-refractivity contribution in [3.05, 3.63) is 34.4 Å². The number of hydrogen-bond acceptors (Lipinski definition) is 5. The molecule has 122 valence electrons. The molecule has 2 heterocycles. The number of nitrogen functional groups attached to an aromatic ring is 1. The van der Waals surface area contributed by atoms with Crippen molar-refractivity contribution in [3.8, 4) is 11.3 Å². The van der Waals surface area contributed by atoms with E-state index in [1.54, 1.807) is 13.1 Å². The molecule has 0 amide bonds. The fourth-order valence-corrected chi connectivity index (χ4v) is 3.11. The number of rotatable bonds is 4. The van der Waals surface area contributed by atoms with E-state index in [-0.39, 0.29) is 6.04 Å². The largest absolute Gasteiger partial charge is 0.462 e. The summed E-state index contributed by atoms with van der Waals surface area (Å²) in [7, 11) is 0. The standard InChI is InChI=1S/C16H18BrN3O3/c1-2-23-16(21)13-8-19-20(11-5-6-22-9-11)15(13)12-4-3-10(17)7-14(12)18/h3-4,7-8,11H,2,5-6,9,18H2,1H3/t11-/m0/s1. The van der Waals surface area contributed by atoms with Crippen LogP contribution in [0.4, 0.5) is 5.69 Å². The molecule has 1 aromatic carbocycles. The van der Waals surface area contributed by atoms with Crippen molar-refractivity contribution in [2.24, 2.45) is 0 Å². The second kappa shape index (κ2) is 6.72. The number of aromatic nitrogens is 2. The highest BCUT2D eigenvalue weighted by atomic mass is 79.9. The number of nitrogens with zero attached hydrogens (tertiary/aromatic N) is 2. The van der Waals surface area contributed by atoms with Crippen molar-refractivity contribution in [2.45, 2.75) is 19.4 Å². The van der Waals surface area contributed by atoms with E-state index in [0.717, 1.165) is 16.5 Å².